The molecule has 110 heavy (non-hydrogen) atoms. The summed E-state index contributed by atoms with van der Waals surface area (Å²) in [5, 5.41) is 37.6. The topological polar surface area (TPSA) is 206 Å². The van der Waals surface area contributed by atoms with Gasteiger partial charge in [-0.3, -0.25) is 14.4 Å². The zero-order valence-corrected chi connectivity index (χ0v) is 61.1. The Kier molecular flexibility index (Phi) is 32.7. The molecule has 0 spiro atoms. The van der Waals surface area contributed by atoms with Crippen molar-refractivity contribution in [1.82, 2.24) is 4.72 Å². The molecule has 0 aromatic carbocycles. The molecule has 9 aliphatic rings. The molecule has 0 heterocycles. The van der Waals surface area contributed by atoms with Crippen LogP contribution in [0.2, 0.25) is 0 Å². The summed E-state index contributed by atoms with van der Waals surface area (Å²) in [5.41, 5.74) is -30.5. The van der Waals surface area contributed by atoms with Crippen molar-refractivity contribution in [3.05, 3.63) is 0 Å². The number of rotatable bonds is 16. The largest absolute Gasteiger partial charge is 0.511 e. The van der Waals surface area contributed by atoms with Gasteiger partial charge in [-0.15, -0.1) is 0 Å². The number of sulfonamides is 1. The molecule has 41 heteroatoms. The normalized spacial score (nSPS) is 29.6. The van der Waals surface area contributed by atoms with Gasteiger partial charge in [0.25, 0.3) is 22.4 Å². The molecule has 9 aliphatic carbocycles. The minimum absolute atomic E-state index is 0. The Balaban J connectivity index is 0.000000715. The Morgan fingerprint density at radius 1 is 0.436 bits per heavy atom. The lowest BCUT2D eigenvalue weighted by atomic mass is 9.51. The first kappa shape index (κ1) is 104. The number of aliphatic hydroxyl groups is 4. The van der Waals surface area contributed by atoms with Crippen LogP contribution < -0.4 is 4.72 Å². The molecule has 0 radical (unpaired) electrons. The lowest BCUT2D eigenvalue weighted by Crippen LogP contribution is -2.67. The van der Waals surface area contributed by atoms with E-state index in [2.05, 4.69) is 4.74 Å². The number of carbonyl (C=O) groups excluding carboxylic acids is 3. The number of fused-ring (bicyclic) bond motifs is 4. The van der Waals surface area contributed by atoms with E-state index in [0.717, 1.165) is 19.3 Å². The Morgan fingerprint density at radius 2 is 0.809 bits per heavy atom. The maximum Gasteiger partial charge on any atom is 0.511 e. The van der Waals surface area contributed by atoms with Gasteiger partial charge < -0.3 is 34.6 Å². The minimum Gasteiger partial charge on any atom is -0.469 e. The quantitative estimate of drug-likeness (QED) is 0.0556. The lowest BCUT2D eigenvalue weighted by molar-refractivity contribution is -0.405. The number of hydrogen-bond acceptors (Lipinski definition) is 12. The number of methoxy groups -OCH3 is 1. The molecule has 8 bridgehead atoms. The Labute approximate surface area is 622 Å². The van der Waals surface area contributed by atoms with Gasteiger partial charge in [0.2, 0.25) is 0 Å². The average molecular weight is 1690 g/mol. The number of hydrogen-bond donors (Lipinski definition) is 5. The maximum absolute atomic E-state index is 13.3. The molecule has 9 fully saturated rings. The third kappa shape index (κ3) is 21.7. The van der Waals surface area contributed by atoms with Gasteiger partial charge in [0.15, 0.2) is 0 Å². The van der Waals surface area contributed by atoms with E-state index in [0.29, 0.717) is 70.1 Å². The zero-order valence-electron chi connectivity index (χ0n) is 60.3. The van der Waals surface area contributed by atoms with E-state index in [1.54, 1.807) is 13.8 Å². The summed E-state index contributed by atoms with van der Waals surface area (Å²) < 4.78 is 390. The van der Waals surface area contributed by atoms with Crippen LogP contribution in [0.5, 0.6) is 0 Å². The number of alkyl halides is 27. The smallest absolute Gasteiger partial charge is 0.469 e. The third-order valence-electron chi connectivity index (χ3n) is 24.2. The summed E-state index contributed by atoms with van der Waals surface area (Å²) in [6.45, 7) is 18.8. The van der Waals surface area contributed by atoms with Crippen LogP contribution in [0, 0.1) is 87.3 Å². The highest BCUT2D eigenvalue weighted by atomic mass is 32.2. The highest BCUT2D eigenvalue weighted by molar-refractivity contribution is 7.90. The molecule has 13 nitrogen and oxygen atoms in total. The van der Waals surface area contributed by atoms with Crippen LogP contribution in [0.3, 0.4) is 0 Å². The molecule has 0 aromatic heterocycles. The van der Waals surface area contributed by atoms with Crippen molar-refractivity contribution in [2.75, 3.05) is 7.11 Å². The van der Waals surface area contributed by atoms with Crippen LogP contribution >= 0.6 is 0 Å². The van der Waals surface area contributed by atoms with Crippen molar-refractivity contribution in [2.24, 2.45) is 87.3 Å². The Morgan fingerprint density at radius 3 is 1.11 bits per heavy atom. The summed E-state index contributed by atoms with van der Waals surface area (Å²) in [5.74, 6) is -9.15. The molecule has 9 rings (SSSR count). The second-order valence-corrected chi connectivity index (χ2v) is 34.3. The molecule has 12 unspecified atom stereocenters. The molecule has 0 saturated heterocycles. The van der Waals surface area contributed by atoms with E-state index >= 15 is 0 Å². The molecular weight excluding hydrogens is 1580 g/mol. The van der Waals surface area contributed by atoms with Crippen LogP contribution in [-0.4, -0.2) is 148 Å². The Bertz CT molecular complexity index is 3020. The van der Waals surface area contributed by atoms with Gasteiger partial charge in [-0.2, -0.15) is 119 Å². The molecule has 9 saturated carbocycles. The van der Waals surface area contributed by atoms with E-state index < -0.39 is 177 Å². The van der Waals surface area contributed by atoms with Crippen LogP contribution in [-0.2, 0) is 38.6 Å². The number of halogens is 27. The van der Waals surface area contributed by atoms with E-state index in [9.17, 15) is 157 Å². The van der Waals surface area contributed by atoms with Gasteiger partial charge in [-0.05, 0) is 216 Å². The van der Waals surface area contributed by atoms with Crippen molar-refractivity contribution in [3.63, 3.8) is 0 Å². The van der Waals surface area contributed by atoms with E-state index in [1.165, 1.54) is 27.9 Å². The highest BCUT2D eigenvalue weighted by Gasteiger charge is 2.79. The number of nitrogens with one attached hydrogen (secondary N) is 1. The highest BCUT2D eigenvalue weighted by Crippen LogP contribution is 2.64. The van der Waals surface area contributed by atoms with Crippen molar-refractivity contribution in [2.45, 2.75) is 321 Å². The van der Waals surface area contributed by atoms with Crippen LogP contribution in [0.1, 0.15) is 227 Å². The molecule has 12 atom stereocenters. The van der Waals surface area contributed by atoms with Crippen LogP contribution in [0.25, 0.3) is 0 Å². The van der Waals surface area contributed by atoms with Gasteiger partial charge in [0, 0.05) is 23.8 Å². The summed E-state index contributed by atoms with van der Waals surface area (Å²) in [7, 11) is -4.02. The number of carbonyl (C=O) groups is 3. The fourth-order valence-corrected chi connectivity index (χ4v) is 17.8. The minimum atomic E-state index is -6.58. The first-order valence-corrected chi connectivity index (χ1v) is 36.0. The lowest BCUT2D eigenvalue weighted by Gasteiger charge is -2.61. The van der Waals surface area contributed by atoms with Gasteiger partial charge >= 0.3 is 82.8 Å². The fourth-order valence-electron chi connectivity index (χ4n) is 16.9. The summed E-state index contributed by atoms with van der Waals surface area (Å²) in [4.78, 5) is 35.7. The van der Waals surface area contributed by atoms with E-state index in [4.69, 9.17) is 14.6 Å². The first-order valence-electron chi connectivity index (χ1n) is 34.5. The Hall–Kier alpha value is -3.73. The number of esters is 3. The number of ether oxygens (including phenoxy) is 3. The molecular formula is C69H106F27NO12S. The average Bonchev–Trinajstić information content (AvgIpc) is 0.869. The first-order chi connectivity index (χ1) is 47.5. The zero-order chi connectivity index (χ0) is 83.7. The maximum atomic E-state index is 13.3. The van der Waals surface area contributed by atoms with Gasteiger partial charge in [-0.25, -0.2) is 13.1 Å². The summed E-state index contributed by atoms with van der Waals surface area (Å²) >= 11 is 0. The molecule has 654 valence electrons. The van der Waals surface area contributed by atoms with E-state index in [-0.39, 0.29) is 93.9 Å². The monoisotopic (exact) mass is 1690 g/mol. The van der Waals surface area contributed by atoms with Crippen LogP contribution in [0.15, 0.2) is 0 Å². The van der Waals surface area contributed by atoms with Crippen molar-refractivity contribution >= 4 is 27.9 Å². The van der Waals surface area contributed by atoms with Gasteiger partial charge in [0.05, 0.1) is 23.4 Å². The fraction of sp³-hybridized carbons (Fsp3) is 0.957. The molecule has 5 N–H and O–H groups in total. The predicted octanol–water partition coefficient (Wildman–Crippen LogP) is 20.3. The SMILES string of the molecule is C.C.C.CC1C2CC(CC(O)(C(F)(F)F)C(F)(F)F)C(C2)C1C.CCC(C)(C)C(=O)OC.CCC(C)(C)C(=O)OC12CC3CC(CC(NS(=O)(=O)C(F)(F)F)(C3)C1)C2.CCC(C)(C)C(=O)OC1CC(C(O)(C(F)(F)F)C(F)(F)F)CC(C(O)(C(F)(F)F)C(F)(F)F)C1.OC(CC1CC2CCC1C2)(C(F)(F)F)C(F)(F)F. The van der Waals surface area contributed by atoms with Crippen LogP contribution in [0.4, 0.5) is 119 Å². The van der Waals surface area contributed by atoms with Gasteiger partial charge in [0.1, 0.15) is 11.7 Å². The third-order valence-corrected chi connectivity index (χ3v) is 25.5. The van der Waals surface area contributed by atoms with Crippen molar-refractivity contribution in [1.29, 1.82) is 0 Å². The van der Waals surface area contributed by atoms with Crippen molar-refractivity contribution in [3.8, 4) is 0 Å². The van der Waals surface area contributed by atoms with E-state index in [1.807, 2.05) is 46.3 Å². The second-order valence-electron chi connectivity index (χ2n) is 32.6. The van der Waals surface area contributed by atoms with Crippen molar-refractivity contribution < 1.29 is 176 Å². The predicted molar refractivity (Wildman–Crippen MR) is 344 cm³/mol. The van der Waals surface area contributed by atoms with Gasteiger partial charge in [-0.1, -0.05) is 63.3 Å². The summed E-state index contributed by atoms with van der Waals surface area (Å²) in [6, 6.07) is 0. The molecule has 0 aliphatic heterocycles. The second kappa shape index (κ2) is 34.5. The standard InChI is InChI=1S/C18H22F12O4.C17H26F3NO4S.C13H18F6O.C11H14F6O.C7H14O2.3CH4/c1-4-12(2,3)11(31)34-10-6-8(13(32,15(19,20)21)16(22,23)24)5-9(7-10)14(33,17(25,26)27)18(28,29)30;1-4-14(2,3)13(22)25-16-8-11-5-12(9-16)7-15(6-11,10-16)21-26(23,24)17(18,19)20;1-6-7(2)10-4-8(6)3-9(10)5-11(20,12(14,15)16)13(17,18)19;12-10(13,14)9(18,11(15,16)17)5-8-4-6-1-2-7(8)3-6;1-5-7(2,3)6(8)9-4;;;/h8-10,32-33H,4-7H2,1-3H3;11-12,21H,4-10H2,1-3H3;6-10,20H,3-5H2,1-2H3;6-8,18H,1-5H2;5H2,1-4H3;3*1H4. The summed E-state index contributed by atoms with van der Waals surface area (Å²) in [6.07, 6.45) is -51.2. The molecule has 0 aromatic rings. The molecule has 0 amide bonds.